The quantitative estimate of drug-likeness (QED) is 0.649. The molecule has 2 aliphatic heterocycles. The fourth-order valence-electron chi connectivity index (χ4n) is 4.15. The van der Waals surface area contributed by atoms with Gasteiger partial charge in [0.1, 0.15) is 12.1 Å². The highest BCUT2D eigenvalue weighted by molar-refractivity contribution is 7.90. The largest absolute Gasteiger partial charge is 0.342 e. The van der Waals surface area contributed by atoms with Gasteiger partial charge in [-0.2, -0.15) is 0 Å². The summed E-state index contributed by atoms with van der Waals surface area (Å²) >= 11 is 0. The van der Waals surface area contributed by atoms with Crippen molar-refractivity contribution in [2.24, 2.45) is 5.92 Å². The molecule has 0 aromatic carbocycles. The van der Waals surface area contributed by atoms with Crippen LogP contribution < -0.4 is 10.0 Å². The van der Waals surface area contributed by atoms with Crippen LogP contribution >= 0.6 is 0 Å². The zero-order valence-corrected chi connectivity index (χ0v) is 18.5. The lowest BCUT2D eigenvalue weighted by Gasteiger charge is -2.28. The van der Waals surface area contributed by atoms with E-state index in [4.69, 9.17) is 0 Å². The number of hydrogen-bond acceptors (Lipinski definition) is 5. The summed E-state index contributed by atoms with van der Waals surface area (Å²) in [7, 11) is -3.71. The minimum atomic E-state index is -3.71. The molecule has 1 saturated carbocycles. The van der Waals surface area contributed by atoms with E-state index in [1.54, 1.807) is 11.8 Å². The third kappa shape index (κ3) is 5.83. The van der Waals surface area contributed by atoms with Gasteiger partial charge in [-0.3, -0.25) is 19.1 Å². The molecule has 3 aliphatic rings. The number of nitrogens with one attached hydrogen (secondary N) is 2. The van der Waals surface area contributed by atoms with Gasteiger partial charge in [-0.1, -0.05) is 31.9 Å². The summed E-state index contributed by atoms with van der Waals surface area (Å²) in [4.78, 5) is 40.0. The van der Waals surface area contributed by atoms with Gasteiger partial charge < -0.3 is 10.2 Å². The van der Waals surface area contributed by atoms with Gasteiger partial charge in [-0.05, 0) is 44.9 Å². The first-order valence-corrected chi connectivity index (χ1v) is 12.7. The molecule has 0 radical (unpaired) electrons. The average molecular weight is 440 g/mol. The van der Waals surface area contributed by atoms with Crippen LogP contribution in [0.5, 0.6) is 0 Å². The SMILES string of the molecule is CC1/C=C\CCCCCCC(=O)N2CCC[C@H]2C(=O)NC1C(=O)NS(=O)(=O)C1CC1. The third-order valence-electron chi connectivity index (χ3n) is 6.14. The number of amides is 3. The summed E-state index contributed by atoms with van der Waals surface area (Å²) in [6.45, 7) is 2.33. The molecule has 3 rings (SSSR count). The standard InChI is InChI=1S/C21H33N3O5S/c1-15-9-6-4-2-3-5-7-11-18(25)24-14-8-10-17(24)20(26)22-19(15)21(27)23-30(28,29)16-12-13-16/h6,9,15-17,19H,2-5,7-8,10-14H2,1H3,(H,22,26)(H,23,27)/b9-6-/t15?,17-,19?/m0/s1. The second-order valence-corrected chi connectivity index (χ2v) is 10.6. The Balaban J connectivity index is 1.78. The number of nitrogens with zero attached hydrogens (tertiary/aromatic N) is 1. The van der Waals surface area contributed by atoms with E-state index < -0.39 is 33.3 Å². The Hall–Kier alpha value is -1.90. The molecule has 2 unspecified atom stereocenters. The predicted octanol–water partition coefficient (Wildman–Crippen LogP) is 1.62. The highest BCUT2D eigenvalue weighted by Crippen LogP contribution is 2.27. The molecule has 0 spiro atoms. The first-order valence-electron chi connectivity index (χ1n) is 11.1. The number of fused-ring (bicyclic) bond motifs is 1. The number of carbonyl (C=O) groups excluding carboxylic acids is 3. The fourth-order valence-corrected chi connectivity index (χ4v) is 5.48. The van der Waals surface area contributed by atoms with Gasteiger partial charge in [0.25, 0.3) is 5.91 Å². The molecule has 168 valence electrons. The Kier molecular flexibility index (Phi) is 7.55. The van der Waals surface area contributed by atoms with Crippen LogP contribution in [0.3, 0.4) is 0 Å². The van der Waals surface area contributed by atoms with Crippen LogP contribution in [0.15, 0.2) is 12.2 Å². The van der Waals surface area contributed by atoms with E-state index in [1.165, 1.54) is 0 Å². The maximum absolute atomic E-state index is 13.0. The number of hydrogen-bond donors (Lipinski definition) is 2. The van der Waals surface area contributed by atoms with Crippen molar-refractivity contribution in [3.05, 3.63) is 12.2 Å². The lowest BCUT2D eigenvalue weighted by molar-refractivity contribution is -0.139. The Bertz CT molecular complexity index is 790. The molecular formula is C21H33N3O5S. The zero-order chi connectivity index (χ0) is 21.7. The summed E-state index contributed by atoms with van der Waals surface area (Å²) in [5.74, 6) is -1.50. The van der Waals surface area contributed by atoms with Crippen LogP contribution in [0.2, 0.25) is 0 Å². The van der Waals surface area contributed by atoms with Crippen molar-refractivity contribution in [1.29, 1.82) is 0 Å². The van der Waals surface area contributed by atoms with Crippen molar-refractivity contribution in [2.45, 2.75) is 88.5 Å². The molecule has 8 nitrogen and oxygen atoms in total. The number of allylic oxidation sites excluding steroid dienone is 1. The molecule has 3 amide bonds. The molecule has 0 aromatic heterocycles. The van der Waals surface area contributed by atoms with Crippen LogP contribution in [0, 0.1) is 5.92 Å². The molecule has 0 aromatic rings. The first kappa shape index (κ1) is 22.8. The molecule has 9 heteroatoms. The maximum Gasteiger partial charge on any atom is 0.256 e. The lowest BCUT2D eigenvalue weighted by Crippen LogP contribution is -2.56. The normalized spacial score (nSPS) is 30.6. The summed E-state index contributed by atoms with van der Waals surface area (Å²) < 4.78 is 26.6. The Morgan fingerprint density at radius 1 is 1.10 bits per heavy atom. The number of rotatable bonds is 3. The van der Waals surface area contributed by atoms with Gasteiger partial charge >= 0.3 is 0 Å². The van der Waals surface area contributed by atoms with Crippen molar-refractivity contribution in [2.75, 3.05) is 6.54 Å². The maximum atomic E-state index is 13.0. The van der Waals surface area contributed by atoms with Crippen LogP contribution in [0.1, 0.15) is 71.1 Å². The van der Waals surface area contributed by atoms with Crippen LogP contribution in [-0.4, -0.2) is 54.9 Å². The van der Waals surface area contributed by atoms with Crippen molar-refractivity contribution in [3.63, 3.8) is 0 Å². The average Bonchev–Trinajstić information content (AvgIpc) is 3.44. The number of sulfonamides is 1. The minimum Gasteiger partial charge on any atom is -0.342 e. The van der Waals surface area contributed by atoms with Crippen molar-refractivity contribution in [1.82, 2.24) is 14.9 Å². The van der Waals surface area contributed by atoms with E-state index in [9.17, 15) is 22.8 Å². The van der Waals surface area contributed by atoms with Crippen molar-refractivity contribution < 1.29 is 22.8 Å². The van der Waals surface area contributed by atoms with Gasteiger partial charge in [0.15, 0.2) is 0 Å². The highest BCUT2D eigenvalue weighted by atomic mass is 32.2. The lowest BCUT2D eigenvalue weighted by atomic mass is 9.99. The monoisotopic (exact) mass is 439 g/mol. The third-order valence-corrected chi connectivity index (χ3v) is 7.97. The fraction of sp³-hybridized carbons (Fsp3) is 0.762. The smallest absolute Gasteiger partial charge is 0.256 e. The summed E-state index contributed by atoms with van der Waals surface area (Å²) in [5.41, 5.74) is 0. The Morgan fingerprint density at radius 3 is 2.57 bits per heavy atom. The second kappa shape index (κ2) is 9.94. The molecule has 2 N–H and O–H groups in total. The second-order valence-electron chi connectivity index (χ2n) is 8.68. The molecule has 2 fully saturated rings. The van der Waals surface area contributed by atoms with Crippen molar-refractivity contribution >= 4 is 27.7 Å². The van der Waals surface area contributed by atoms with Gasteiger partial charge in [-0.25, -0.2) is 8.42 Å². The number of carbonyl (C=O) groups is 3. The van der Waals surface area contributed by atoms with E-state index in [0.29, 0.717) is 32.2 Å². The molecule has 1 saturated heterocycles. The van der Waals surface area contributed by atoms with Gasteiger partial charge in [0, 0.05) is 18.9 Å². The molecule has 0 bridgehead atoms. The van der Waals surface area contributed by atoms with Crippen LogP contribution in [0.4, 0.5) is 0 Å². The zero-order valence-electron chi connectivity index (χ0n) is 17.6. The van der Waals surface area contributed by atoms with Gasteiger partial charge in [0.05, 0.1) is 5.25 Å². The highest BCUT2D eigenvalue weighted by Gasteiger charge is 2.40. The van der Waals surface area contributed by atoms with Crippen LogP contribution in [0.25, 0.3) is 0 Å². The van der Waals surface area contributed by atoms with Crippen molar-refractivity contribution in [3.8, 4) is 0 Å². The van der Waals surface area contributed by atoms with E-state index in [-0.39, 0.29) is 17.7 Å². The topological polar surface area (TPSA) is 113 Å². The Labute approximate surface area is 178 Å². The Morgan fingerprint density at radius 2 is 1.83 bits per heavy atom. The predicted molar refractivity (Wildman–Crippen MR) is 113 cm³/mol. The first-order chi connectivity index (χ1) is 14.3. The summed E-state index contributed by atoms with van der Waals surface area (Å²) in [5, 5.41) is 2.23. The van der Waals surface area contributed by atoms with E-state index in [1.807, 2.05) is 12.2 Å². The van der Waals surface area contributed by atoms with E-state index in [2.05, 4.69) is 10.0 Å². The molecular weight excluding hydrogens is 406 g/mol. The van der Waals surface area contributed by atoms with E-state index >= 15 is 0 Å². The molecule has 30 heavy (non-hydrogen) atoms. The summed E-state index contributed by atoms with van der Waals surface area (Å²) in [6.07, 6.45) is 11.3. The van der Waals surface area contributed by atoms with E-state index in [0.717, 1.165) is 38.5 Å². The van der Waals surface area contributed by atoms with Gasteiger partial charge in [-0.15, -0.1) is 0 Å². The molecule has 2 heterocycles. The summed E-state index contributed by atoms with van der Waals surface area (Å²) in [6, 6.07) is -1.61. The molecule has 1 aliphatic carbocycles. The van der Waals surface area contributed by atoms with Crippen LogP contribution in [-0.2, 0) is 24.4 Å². The molecule has 3 atom stereocenters. The minimum absolute atomic E-state index is 0.0222. The van der Waals surface area contributed by atoms with Gasteiger partial charge in [0.2, 0.25) is 21.8 Å².